The second-order valence-electron chi connectivity index (χ2n) is 5.10. The lowest BCUT2D eigenvalue weighted by Crippen LogP contribution is -2.10. The first-order valence-electron chi connectivity index (χ1n) is 7.78. The van der Waals surface area contributed by atoms with Crippen LogP contribution in [0.15, 0.2) is 42.5 Å². The van der Waals surface area contributed by atoms with Crippen LogP contribution in [0.2, 0.25) is 0 Å². The van der Waals surface area contributed by atoms with Gasteiger partial charge in [0.25, 0.3) is 0 Å². The predicted molar refractivity (Wildman–Crippen MR) is 89.0 cm³/mol. The van der Waals surface area contributed by atoms with Crippen molar-refractivity contribution in [2.75, 3.05) is 6.61 Å². The van der Waals surface area contributed by atoms with Crippen LogP contribution >= 0.6 is 0 Å². The smallest absolute Gasteiger partial charge is 0.310 e. The zero-order valence-electron chi connectivity index (χ0n) is 13.8. The van der Waals surface area contributed by atoms with E-state index in [9.17, 15) is 4.79 Å². The van der Waals surface area contributed by atoms with E-state index in [1.54, 1.807) is 19.1 Å². The van der Waals surface area contributed by atoms with E-state index in [1.165, 1.54) is 5.56 Å². The molecule has 0 atom stereocenters. The standard InChI is InChI=1S/C19H22O4/c1-4-19(20)23-18-8-6-7-17(21-5-2)16(18)13-22-15-11-9-14(3)10-12-15/h6-12H,4-5,13H2,1-3H3. The van der Waals surface area contributed by atoms with Crippen molar-refractivity contribution < 1.29 is 19.0 Å². The van der Waals surface area contributed by atoms with E-state index < -0.39 is 0 Å². The lowest BCUT2D eigenvalue weighted by atomic mass is 10.2. The maximum Gasteiger partial charge on any atom is 0.310 e. The van der Waals surface area contributed by atoms with Crippen molar-refractivity contribution in [3.8, 4) is 17.2 Å². The Bertz CT molecular complexity index is 647. The molecule has 4 heteroatoms. The van der Waals surface area contributed by atoms with Gasteiger partial charge < -0.3 is 14.2 Å². The van der Waals surface area contributed by atoms with Crippen molar-refractivity contribution in [3.63, 3.8) is 0 Å². The summed E-state index contributed by atoms with van der Waals surface area (Å²) in [7, 11) is 0. The highest BCUT2D eigenvalue weighted by molar-refractivity contribution is 5.72. The molecule has 0 aromatic heterocycles. The van der Waals surface area contributed by atoms with Crippen molar-refractivity contribution >= 4 is 5.97 Å². The number of carbonyl (C=O) groups is 1. The molecule has 0 fully saturated rings. The molecule has 0 unspecified atom stereocenters. The second kappa shape index (κ2) is 8.22. The summed E-state index contributed by atoms with van der Waals surface area (Å²) in [5, 5.41) is 0. The molecule has 4 nitrogen and oxygen atoms in total. The zero-order chi connectivity index (χ0) is 16.7. The predicted octanol–water partition coefficient (Wildman–Crippen LogP) is 4.29. The van der Waals surface area contributed by atoms with Crippen LogP contribution < -0.4 is 14.2 Å². The van der Waals surface area contributed by atoms with Gasteiger partial charge in [-0.2, -0.15) is 0 Å². The van der Waals surface area contributed by atoms with Crippen LogP contribution in [-0.2, 0) is 11.4 Å². The summed E-state index contributed by atoms with van der Waals surface area (Å²) >= 11 is 0. The summed E-state index contributed by atoms with van der Waals surface area (Å²) < 4.78 is 16.8. The molecule has 0 saturated carbocycles. The minimum Gasteiger partial charge on any atom is -0.493 e. The molecule has 2 aromatic rings. The van der Waals surface area contributed by atoms with Crippen molar-refractivity contribution in [1.82, 2.24) is 0 Å². The number of hydrogen-bond donors (Lipinski definition) is 0. The van der Waals surface area contributed by atoms with Crippen molar-refractivity contribution in [1.29, 1.82) is 0 Å². The van der Waals surface area contributed by atoms with Crippen LogP contribution in [0.1, 0.15) is 31.4 Å². The minimum absolute atomic E-state index is 0.269. The van der Waals surface area contributed by atoms with Crippen molar-refractivity contribution in [2.45, 2.75) is 33.8 Å². The molecule has 2 aromatic carbocycles. The third kappa shape index (κ3) is 4.74. The number of rotatable bonds is 7. The number of aryl methyl sites for hydroxylation is 1. The third-order valence-corrected chi connectivity index (χ3v) is 3.31. The normalized spacial score (nSPS) is 10.2. The molecule has 0 aliphatic rings. The van der Waals surface area contributed by atoms with Gasteiger partial charge in [-0.15, -0.1) is 0 Å². The van der Waals surface area contributed by atoms with Gasteiger partial charge in [0.05, 0.1) is 12.2 Å². The molecule has 0 N–H and O–H groups in total. The Hall–Kier alpha value is -2.49. The van der Waals surface area contributed by atoms with Crippen LogP contribution in [0.25, 0.3) is 0 Å². The lowest BCUT2D eigenvalue weighted by molar-refractivity contribution is -0.134. The summed E-state index contributed by atoms with van der Waals surface area (Å²) in [6, 6.07) is 13.2. The molecule has 2 rings (SSSR count). The van der Waals surface area contributed by atoms with E-state index in [1.807, 2.05) is 44.2 Å². The second-order valence-corrected chi connectivity index (χ2v) is 5.10. The van der Waals surface area contributed by atoms with Crippen LogP contribution in [0, 0.1) is 6.92 Å². The van der Waals surface area contributed by atoms with Crippen molar-refractivity contribution in [2.24, 2.45) is 0 Å². The molecule has 0 amide bonds. The van der Waals surface area contributed by atoms with E-state index in [4.69, 9.17) is 14.2 Å². The topological polar surface area (TPSA) is 44.8 Å². The number of ether oxygens (including phenoxy) is 3. The van der Waals surface area contributed by atoms with E-state index in [0.29, 0.717) is 24.5 Å². The molecular formula is C19H22O4. The van der Waals surface area contributed by atoms with E-state index in [-0.39, 0.29) is 12.6 Å². The molecule has 0 bridgehead atoms. The van der Waals surface area contributed by atoms with Crippen LogP contribution in [-0.4, -0.2) is 12.6 Å². The Morgan fingerprint density at radius 1 is 0.957 bits per heavy atom. The quantitative estimate of drug-likeness (QED) is 0.565. The highest BCUT2D eigenvalue weighted by atomic mass is 16.5. The number of benzene rings is 2. The summed E-state index contributed by atoms with van der Waals surface area (Å²) in [5.74, 6) is 1.63. The Morgan fingerprint density at radius 2 is 1.65 bits per heavy atom. The number of hydrogen-bond acceptors (Lipinski definition) is 4. The van der Waals surface area contributed by atoms with Crippen molar-refractivity contribution in [3.05, 3.63) is 53.6 Å². The fraction of sp³-hybridized carbons (Fsp3) is 0.316. The molecule has 0 spiro atoms. The summed E-state index contributed by atoms with van der Waals surface area (Å²) in [6.45, 7) is 6.50. The van der Waals surface area contributed by atoms with Gasteiger partial charge in [0.1, 0.15) is 23.9 Å². The van der Waals surface area contributed by atoms with E-state index >= 15 is 0 Å². The molecule has 0 saturated heterocycles. The first kappa shape index (κ1) is 16.9. The summed E-state index contributed by atoms with van der Waals surface area (Å²) in [4.78, 5) is 11.6. The van der Waals surface area contributed by atoms with Gasteiger partial charge in [0, 0.05) is 6.42 Å². The fourth-order valence-electron chi connectivity index (χ4n) is 2.06. The summed E-state index contributed by atoms with van der Waals surface area (Å²) in [6.07, 6.45) is 0.317. The van der Waals surface area contributed by atoms with Crippen LogP contribution in [0.5, 0.6) is 17.2 Å². The average molecular weight is 314 g/mol. The zero-order valence-corrected chi connectivity index (χ0v) is 13.8. The summed E-state index contributed by atoms with van der Waals surface area (Å²) in [5.41, 5.74) is 1.90. The molecule has 0 radical (unpaired) electrons. The molecule has 0 aliphatic heterocycles. The maximum absolute atomic E-state index is 11.6. The Labute approximate surface area is 137 Å². The molecule has 0 heterocycles. The lowest BCUT2D eigenvalue weighted by Gasteiger charge is -2.15. The third-order valence-electron chi connectivity index (χ3n) is 3.31. The van der Waals surface area contributed by atoms with Gasteiger partial charge in [-0.3, -0.25) is 4.79 Å². The van der Waals surface area contributed by atoms with Gasteiger partial charge in [-0.25, -0.2) is 0 Å². The minimum atomic E-state index is -0.282. The maximum atomic E-state index is 11.6. The Kier molecular flexibility index (Phi) is 6.03. The highest BCUT2D eigenvalue weighted by Crippen LogP contribution is 2.30. The van der Waals surface area contributed by atoms with Gasteiger partial charge in [0.15, 0.2) is 0 Å². The van der Waals surface area contributed by atoms with Gasteiger partial charge >= 0.3 is 5.97 Å². The largest absolute Gasteiger partial charge is 0.493 e. The molecule has 0 aliphatic carbocycles. The molecule has 23 heavy (non-hydrogen) atoms. The highest BCUT2D eigenvalue weighted by Gasteiger charge is 2.14. The van der Waals surface area contributed by atoms with Gasteiger partial charge in [0.2, 0.25) is 0 Å². The first-order valence-corrected chi connectivity index (χ1v) is 7.78. The van der Waals surface area contributed by atoms with E-state index in [2.05, 4.69) is 0 Å². The SMILES string of the molecule is CCOc1cccc(OC(=O)CC)c1COc1ccc(C)cc1. The average Bonchev–Trinajstić information content (AvgIpc) is 2.56. The monoisotopic (exact) mass is 314 g/mol. The fourth-order valence-corrected chi connectivity index (χ4v) is 2.06. The number of carbonyl (C=O) groups excluding carboxylic acids is 1. The number of esters is 1. The van der Waals surface area contributed by atoms with Gasteiger partial charge in [-0.1, -0.05) is 30.7 Å². The Morgan fingerprint density at radius 3 is 2.30 bits per heavy atom. The Balaban J connectivity index is 2.22. The van der Waals surface area contributed by atoms with Crippen LogP contribution in [0.3, 0.4) is 0 Å². The van der Waals surface area contributed by atoms with E-state index in [0.717, 1.165) is 11.3 Å². The first-order chi connectivity index (χ1) is 11.1. The molecule has 122 valence electrons. The van der Waals surface area contributed by atoms with Gasteiger partial charge in [-0.05, 0) is 38.1 Å². The molecular weight excluding hydrogens is 292 g/mol. The van der Waals surface area contributed by atoms with Crippen LogP contribution in [0.4, 0.5) is 0 Å².